The van der Waals surface area contributed by atoms with Crippen LogP contribution in [0.3, 0.4) is 0 Å². The van der Waals surface area contributed by atoms with Crippen LogP contribution in [0.15, 0.2) is 133 Å². The summed E-state index contributed by atoms with van der Waals surface area (Å²) in [5, 5.41) is 7.86. The topological polar surface area (TPSA) is 0 Å². The van der Waals surface area contributed by atoms with Gasteiger partial charge in [-0.25, -0.2) is 0 Å². The van der Waals surface area contributed by atoms with E-state index in [2.05, 4.69) is 147 Å². The zero-order valence-corrected chi connectivity index (χ0v) is 22.2. The number of rotatable bonds is 2. The molecule has 7 aromatic rings. The lowest BCUT2D eigenvalue weighted by Gasteiger charge is -2.23. The van der Waals surface area contributed by atoms with Gasteiger partial charge in [0.05, 0.1) is 0 Å². The van der Waals surface area contributed by atoms with Gasteiger partial charge in [0.2, 0.25) is 0 Å². The molecule has 0 spiro atoms. The van der Waals surface area contributed by atoms with Crippen LogP contribution in [0.25, 0.3) is 65.7 Å². The molecule has 0 N–H and O–H groups in total. The lowest BCUT2D eigenvalue weighted by Crippen LogP contribution is -2.15. The van der Waals surface area contributed by atoms with Gasteiger partial charge in [0.25, 0.3) is 0 Å². The third-order valence-corrected chi connectivity index (χ3v) is 8.82. The Bertz CT molecular complexity index is 2020. The molecule has 0 heteroatoms. The summed E-state index contributed by atoms with van der Waals surface area (Å²) in [5.41, 5.74) is 10.7. The van der Waals surface area contributed by atoms with E-state index in [9.17, 15) is 0 Å². The number of fused-ring (bicyclic) bond motifs is 7. The minimum atomic E-state index is -0.0502. The van der Waals surface area contributed by atoms with Crippen LogP contribution in [0.1, 0.15) is 25.0 Å². The minimum absolute atomic E-state index is 0.0502. The number of hydrogen-bond donors (Lipinski definition) is 0. The van der Waals surface area contributed by atoms with Gasteiger partial charge in [-0.2, -0.15) is 0 Å². The second-order valence-electron chi connectivity index (χ2n) is 11.3. The highest BCUT2D eigenvalue weighted by Gasteiger charge is 2.37. The molecule has 0 fully saturated rings. The summed E-state index contributed by atoms with van der Waals surface area (Å²) in [5.74, 6) is 0. The second-order valence-corrected chi connectivity index (χ2v) is 11.3. The van der Waals surface area contributed by atoms with Crippen molar-refractivity contribution in [2.75, 3.05) is 0 Å². The summed E-state index contributed by atoms with van der Waals surface area (Å²) in [6.45, 7) is 4.76. The highest BCUT2D eigenvalue weighted by atomic mass is 14.4. The van der Waals surface area contributed by atoms with Crippen molar-refractivity contribution in [2.45, 2.75) is 19.3 Å². The molecular formula is C39H28. The fourth-order valence-corrected chi connectivity index (χ4v) is 7.13. The molecule has 0 bridgehead atoms. The van der Waals surface area contributed by atoms with E-state index >= 15 is 0 Å². The molecule has 0 amide bonds. The standard InChI is InChI=1S/C39H28/c1-39(2)35-23-21-27(24-34(35)33-22-20-25-12-6-7-15-28(25)38(33)39)37-31-18-10-8-16-29(31)36(26-13-4-3-5-14-26)30-17-9-11-19-32(30)37/h3-24H,1-2H3. The van der Waals surface area contributed by atoms with E-state index in [0.717, 1.165) is 0 Å². The highest BCUT2D eigenvalue weighted by molar-refractivity contribution is 6.21. The Labute approximate surface area is 229 Å². The van der Waals surface area contributed by atoms with E-state index in [-0.39, 0.29) is 5.41 Å². The van der Waals surface area contributed by atoms with Crippen LogP contribution < -0.4 is 0 Å². The molecule has 184 valence electrons. The molecule has 0 radical (unpaired) electrons. The first kappa shape index (κ1) is 22.3. The van der Waals surface area contributed by atoms with Gasteiger partial charge in [0.1, 0.15) is 0 Å². The molecule has 39 heavy (non-hydrogen) atoms. The second kappa shape index (κ2) is 8.16. The largest absolute Gasteiger partial charge is 0.0622 e. The predicted octanol–water partition coefficient (Wildman–Crippen LogP) is 10.8. The molecule has 0 aromatic heterocycles. The molecule has 1 aliphatic carbocycles. The lowest BCUT2D eigenvalue weighted by molar-refractivity contribution is 0.666. The Morgan fingerprint density at radius 1 is 0.410 bits per heavy atom. The minimum Gasteiger partial charge on any atom is -0.0622 e. The van der Waals surface area contributed by atoms with Gasteiger partial charge < -0.3 is 0 Å². The summed E-state index contributed by atoms with van der Waals surface area (Å²) < 4.78 is 0. The molecule has 0 heterocycles. The first-order valence-electron chi connectivity index (χ1n) is 13.8. The first-order chi connectivity index (χ1) is 19.1. The highest BCUT2D eigenvalue weighted by Crippen LogP contribution is 2.53. The van der Waals surface area contributed by atoms with E-state index in [1.54, 1.807) is 0 Å². The van der Waals surface area contributed by atoms with Gasteiger partial charge in [-0.1, -0.05) is 141 Å². The van der Waals surface area contributed by atoms with Crippen LogP contribution in [0.2, 0.25) is 0 Å². The molecule has 0 aliphatic heterocycles. The Morgan fingerprint density at radius 2 is 0.949 bits per heavy atom. The third kappa shape index (κ3) is 3.12. The number of benzene rings is 7. The summed E-state index contributed by atoms with van der Waals surface area (Å²) in [6.07, 6.45) is 0. The molecule has 0 atom stereocenters. The molecule has 0 saturated heterocycles. The number of hydrogen-bond acceptors (Lipinski definition) is 0. The average molecular weight is 497 g/mol. The van der Waals surface area contributed by atoms with Crippen molar-refractivity contribution in [3.63, 3.8) is 0 Å². The summed E-state index contributed by atoms with van der Waals surface area (Å²) in [6, 6.07) is 49.3. The van der Waals surface area contributed by atoms with E-state index in [1.807, 2.05) is 0 Å². The quantitative estimate of drug-likeness (QED) is 0.209. The third-order valence-electron chi connectivity index (χ3n) is 8.82. The summed E-state index contributed by atoms with van der Waals surface area (Å²) >= 11 is 0. The van der Waals surface area contributed by atoms with Crippen LogP contribution >= 0.6 is 0 Å². The van der Waals surface area contributed by atoms with Crippen molar-refractivity contribution in [3.05, 3.63) is 145 Å². The fourth-order valence-electron chi connectivity index (χ4n) is 7.13. The molecule has 7 aromatic carbocycles. The Balaban J connectivity index is 1.45. The maximum atomic E-state index is 2.45. The van der Waals surface area contributed by atoms with E-state index in [0.29, 0.717) is 0 Å². The van der Waals surface area contributed by atoms with Crippen LogP contribution in [0, 0.1) is 0 Å². The maximum Gasteiger partial charge on any atom is 0.0165 e. The summed E-state index contributed by atoms with van der Waals surface area (Å²) in [4.78, 5) is 0. The van der Waals surface area contributed by atoms with Crippen molar-refractivity contribution < 1.29 is 0 Å². The SMILES string of the molecule is CC1(C)c2ccc(-c3c4ccccc4c(-c4ccccc4)c4ccccc34)cc2-c2ccc3ccccc3c21. The van der Waals surface area contributed by atoms with E-state index < -0.39 is 0 Å². The molecular weight excluding hydrogens is 468 g/mol. The molecule has 0 unspecified atom stereocenters. The van der Waals surface area contributed by atoms with E-state index in [4.69, 9.17) is 0 Å². The van der Waals surface area contributed by atoms with Crippen LogP contribution in [0.4, 0.5) is 0 Å². The maximum absolute atomic E-state index is 2.45. The van der Waals surface area contributed by atoms with Crippen molar-refractivity contribution >= 4 is 32.3 Å². The first-order valence-corrected chi connectivity index (χ1v) is 13.8. The van der Waals surface area contributed by atoms with Crippen molar-refractivity contribution in [2.24, 2.45) is 0 Å². The smallest absolute Gasteiger partial charge is 0.0165 e. The van der Waals surface area contributed by atoms with Crippen molar-refractivity contribution in [1.82, 2.24) is 0 Å². The van der Waals surface area contributed by atoms with Gasteiger partial charge in [-0.05, 0) is 82.9 Å². The fraction of sp³-hybridized carbons (Fsp3) is 0.0769. The Kier molecular flexibility index (Phi) is 4.67. The van der Waals surface area contributed by atoms with Gasteiger partial charge in [-0.15, -0.1) is 0 Å². The van der Waals surface area contributed by atoms with Gasteiger partial charge in [0.15, 0.2) is 0 Å². The van der Waals surface area contributed by atoms with Crippen molar-refractivity contribution in [3.8, 4) is 33.4 Å². The van der Waals surface area contributed by atoms with Gasteiger partial charge in [0, 0.05) is 5.41 Å². The monoisotopic (exact) mass is 496 g/mol. The zero-order chi connectivity index (χ0) is 26.1. The normalized spacial score (nSPS) is 13.6. The van der Waals surface area contributed by atoms with Crippen LogP contribution in [-0.2, 0) is 5.41 Å². The summed E-state index contributed by atoms with van der Waals surface area (Å²) in [7, 11) is 0. The molecule has 1 aliphatic rings. The zero-order valence-electron chi connectivity index (χ0n) is 22.2. The van der Waals surface area contributed by atoms with E-state index in [1.165, 1.54) is 76.8 Å². The van der Waals surface area contributed by atoms with Crippen LogP contribution in [-0.4, -0.2) is 0 Å². The van der Waals surface area contributed by atoms with Gasteiger partial charge >= 0.3 is 0 Å². The Morgan fingerprint density at radius 3 is 1.59 bits per heavy atom. The predicted molar refractivity (Wildman–Crippen MR) is 167 cm³/mol. The van der Waals surface area contributed by atoms with Crippen LogP contribution in [0.5, 0.6) is 0 Å². The molecule has 0 saturated carbocycles. The average Bonchev–Trinajstić information content (AvgIpc) is 3.22. The lowest BCUT2D eigenvalue weighted by atomic mass is 9.80. The van der Waals surface area contributed by atoms with Gasteiger partial charge in [-0.3, -0.25) is 0 Å². The molecule has 8 rings (SSSR count). The Hall–Kier alpha value is -4.68. The van der Waals surface area contributed by atoms with Crippen molar-refractivity contribution in [1.29, 1.82) is 0 Å². The molecule has 0 nitrogen and oxygen atoms in total.